The third-order valence-electron chi connectivity index (χ3n) is 5.35. The van der Waals surface area contributed by atoms with Crippen molar-refractivity contribution in [3.8, 4) is 0 Å². The molecule has 13 heteroatoms. The summed E-state index contributed by atoms with van der Waals surface area (Å²) in [6.07, 6.45) is 2.78. The molecule has 2 aromatic rings. The Balaban J connectivity index is -0.000000620. The van der Waals surface area contributed by atoms with E-state index in [0.29, 0.717) is 6.42 Å². The Morgan fingerprint density at radius 3 is 1.56 bits per heavy atom. The van der Waals surface area contributed by atoms with Crippen LogP contribution in [-0.4, -0.2) is 43.7 Å². The van der Waals surface area contributed by atoms with E-state index < -0.39 is 46.8 Å². The van der Waals surface area contributed by atoms with Crippen LogP contribution >= 0.6 is 0 Å². The smallest absolute Gasteiger partial charge is 0.870 e. The average Bonchev–Trinajstić information content (AvgIpc) is 2.76. The fourth-order valence-corrected chi connectivity index (χ4v) is 3.51. The third kappa shape index (κ3) is 12.3. The summed E-state index contributed by atoms with van der Waals surface area (Å²) in [5.74, 6) is -2.40. The molecule has 0 aliphatic rings. The number of esters is 1. The summed E-state index contributed by atoms with van der Waals surface area (Å²) < 4.78 is 34.0. The Morgan fingerprint density at radius 1 is 0.872 bits per heavy atom. The number of nitrogens with zero attached hydrogens (tertiary/aromatic N) is 2. The first-order valence-electron chi connectivity index (χ1n) is 11.8. The standard InChI is InChI=1S/C14H20FNO3.C12H16FNO3.Li.2H2O/c1-5-19-14(18)12(6-9(2)3)16-8-11(15)10(4)7-13(16)17;1-7(2)4-10(12(16)17)14-6-9(13)8(3)5-11(14)15;;;/h7-9,12H,5-6H2,1-4H3;5-7,10H,4H2,1-3H3,(H,16,17);;2*1H2/q;;+1;;/p-1. The second-order valence-corrected chi connectivity index (χ2v) is 9.48. The molecule has 0 saturated carbocycles. The van der Waals surface area contributed by atoms with Crippen LogP contribution in [0.15, 0.2) is 34.1 Å². The number of hydrogen-bond acceptors (Lipinski definition) is 6. The molecule has 10 nitrogen and oxygen atoms in total. The van der Waals surface area contributed by atoms with Crippen LogP contribution < -0.4 is 30.0 Å². The number of carboxylic acids is 1. The largest absolute Gasteiger partial charge is 1.00 e. The van der Waals surface area contributed by atoms with Gasteiger partial charge >= 0.3 is 30.8 Å². The quantitative estimate of drug-likeness (QED) is 0.347. The van der Waals surface area contributed by atoms with Crippen LogP contribution in [0.25, 0.3) is 0 Å². The van der Waals surface area contributed by atoms with Crippen molar-refractivity contribution in [3.63, 3.8) is 0 Å². The number of hydrogen-bond donors (Lipinski definition) is 1. The molecule has 2 rings (SSSR count). The van der Waals surface area contributed by atoms with Gasteiger partial charge in [0.2, 0.25) is 0 Å². The SMILES string of the molecule is CCOC(=O)C(CC(C)C)n1cc(F)c(C)cc1=O.Cc1cc(=O)n(C(CC(C)C)C(=O)O)cc1F.O.[Li+].[OH-]. The number of carbonyl (C=O) groups is 2. The molecule has 0 aromatic carbocycles. The summed E-state index contributed by atoms with van der Waals surface area (Å²) in [7, 11) is 0. The summed E-state index contributed by atoms with van der Waals surface area (Å²) in [4.78, 5) is 46.6. The molecule has 0 fully saturated rings. The molecule has 39 heavy (non-hydrogen) atoms. The van der Waals surface area contributed by atoms with Crippen molar-refractivity contribution in [1.82, 2.24) is 9.13 Å². The van der Waals surface area contributed by atoms with Gasteiger partial charge in [0.25, 0.3) is 11.1 Å². The maximum atomic E-state index is 13.6. The monoisotopic (exact) mass is 552 g/mol. The van der Waals surface area contributed by atoms with E-state index in [4.69, 9.17) is 9.84 Å². The Kier molecular flexibility index (Phi) is 19.3. The van der Waals surface area contributed by atoms with Gasteiger partial charge in [0, 0.05) is 24.5 Å². The predicted octanol–water partition coefficient (Wildman–Crippen LogP) is 0.416. The first-order chi connectivity index (χ1) is 16.7. The van der Waals surface area contributed by atoms with E-state index in [0.717, 1.165) is 27.6 Å². The summed E-state index contributed by atoms with van der Waals surface area (Å²) >= 11 is 0. The van der Waals surface area contributed by atoms with Gasteiger partial charge in [0.05, 0.1) is 6.61 Å². The molecule has 0 radical (unpaired) electrons. The molecule has 0 saturated heterocycles. The van der Waals surface area contributed by atoms with Gasteiger partial charge in [-0.15, -0.1) is 0 Å². The summed E-state index contributed by atoms with van der Waals surface area (Å²) in [5, 5.41) is 9.08. The zero-order valence-corrected chi connectivity index (χ0v) is 23.8. The Morgan fingerprint density at radius 2 is 1.23 bits per heavy atom. The molecular formula is C26H39F2LiN2O8. The van der Waals surface area contributed by atoms with Crippen LogP contribution in [-0.2, 0) is 14.3 Å². The minimum absolute atomic E-state index is 0. The fraction of sp³-hybridized carbons (Fsp3) is 0.538. The second-order valence-electron chi connectivity index (χ2n) is 9.48. The molecule has 0 spiro atoms. The Hall–Kier alpha value is -2.78. The van der Waals surface area contributed by atoms with Crippen molar-refractivity contribution in [3.05, 3.63) is 68.0 Å². The van der Waals surface area contributed by atoms with Gasteiger partial charge < -0.3 is 20.8 Å². The van der Waals surface area contributed by atoms with Gasteiger partial charge in [-0.2, -0.15) is 0 Å². The van der Waals surface area contributed by atoms with Gasteiger partial charge in [0.15, 0.2) is 0 Å². The van der Waals surface area contributed by atoms with E-state index >= 15 is 0 Å². The van der Waals surface area contributed by atoms with Gasteiger partial charge in [-0.25, -0.2) is 18.4 Å². The number of carboxylic acid groups (broad SMARTS) is 1. The van der Waals surface area contributed by atoms with Crippen LogP contribution in [0.3, 0.4) is 0 Å². The minimum Gasteiger partial charge on any atom is -0.870 e. The zero-order chi connectivity index (χ0) is 27.7. The van der Waals surface area contributed by atoms with Crippen molar-refractivity contribution in [2.45, 2.75) is 73.4 Å². The number of aromatic nitrogens is 2. The van der Waals surface area contributed by atoms with Crippen molar-refractivity contribution in [2.24, 2.45) is 11.8 Å². The molecule has 216 valence electrons. The number of aryl methyl sites for hydroxylation is 2. The Bertz CT molecular complexity index is 1180. The topological polar surface area (TPSA) is 169 Å². The van der Waals surface area contributed by atoms with Crippen molar-refractivity contribution in [2.75, 3.05) is 6.61 Å². The third-order valence-corrected chi connectivity index (χ3v) is 5.35. The van der Waals surface area contributed by atoms with Crippen LogP contribution in [0.4, 0.5) is 8.78 Å². The van der Waals surface area contributed by atoms with E-state index in [2.05, 4.69) is 0 Å². The van der Waals surface area contributed by atoms with E-state index in [1.807, 2.05) is 27.7 Å². The summed E-state index contributed by atoms with van der Waals surface area (Å²) in [6.45, 7) is 12.5. The zero-order valence-electron chi connectivity index (χ0n) is 23.8. The fourth-order valence-electron chi connectivity index (χ4n) is 3.51. The predicted molar refractivity (Wildman–Crippen MR) is 138 cm³/mol. The van der Waals surface area contributed by atoms with Gasteiger partial charge in [-0.05, 0) is 56.6 Å². The molecule has 2 aromatic heterocycles. The van der Waals surface area contributed by atoms with E-state index in [1.165, 1.54) is 19.9 Å². The normalized spacial score (nSPS) is 11.7. The number of ether oxygens (including phenoxy) is 1. The molecule has 2 atom stereocenters. The number of pyridine rings is 2. The van der Waals surface area contributed by atoms with Crippen molar-refractivity contribution < 1.29 is 58.0 Å². The minimum atomic E-state index is -1.12. The van der Waals surface area contributed by atoms with E-state index in [-0.39, 0.29) is 65.8 Å². The number of halogens is 2. The molecular weight excluding hydrogens is 513 g/mol. The van der Waals surface area contributed by atoms with Crippen molar-refractivity contribution >= 4 is 11.9 Å². The molecule has 4 N–H and O–H groups in total. The van der Waals surface area contributed by atoms with E-state index in [1.54, 1.807) is 6.92 Å². The molecule has 0 bridgehead atoms. The molecule has 2 heterocycles. The van der Waals surface area contributed by atoms with E-state index in [9.17, 15) is 28.0 Å². The second kappa shape index (κ2) is 18.5. The molecule has 2 unspecified atom stereocenters. The molecule has 0 amide bonds. The number of rotatable bonds is 9. The maximum Gasteiger partial charge on any atom is 1.00 e. The summed E-state index contributed by atoms with van der Waals surface area (Å²) in [6, 6.07) is 0.521. The van der Waals surface area contributed by atoms with Crippen LogP contribution in [0.5, 0.6) is 0 Å². The maximum absolute atomic E-state index is 13.6. The van der Waals surface area contributed by atoms with Crippen molar-refractivity contribution in [1.29, 1.82) is 0 Å². The summed E-state index contributed by atoms with van der Waals surface area (Å²) in [5.41, 5.74) is -0.386. The first-order valence-corrected chi connectivity index (χ1v) is 11.8. The van der Waals surface area contributed by atoms with Crippen LogP contribution in [0.2, 0.25) is 0 Å². The van der Waals surface area contributed by atoms with Crippen LogP contribution in [0, 0.1) is 37.3 Å². The van der Waals surface area contributed by atoms with Crippen LogP contribution in [0.1, 0.15) is 70.7 Å². The van der Waals surface area contributed by atoms with Gasteiger partial charge in [-0.3, -0.25) is 18.7 Å². The molecule has 0 aliphatic carbocycles. The molecule has 0 aliphatic heterocycles. The van der Waals surface area contributed by atoms with Gasteiger partial charge in [0.1, 0.15) is 23.7 Å². The number of carbonyl (C=O) groups excluding carboxylic acids is 1. The first kappa shape index (κ1) is 40.7. The average molecular weight is 553 g/mol. The number of aliphatic carboxylic acids is 1. The Labute approximate surface area is 238 Å². The van der Waals surface area contributed by atoms with Gasteiger partial charge in [-0.1, -0.05) is 27.7 Å².